The smallest absolute Gasteiger partial charge is 0.255 e. The molecule has 5 nitrogen and oxygen atoms in total. The molecule has 0 aromatic heterocycles. The van der Waals surface area contributed by atoms with Crippen LogP contribution in [0.4, 0.5) is 5.69 Å². The quantitative estimate of drug-likeness (QED) is 0.803. The molecular weight excluding hydrogens is 374 g/mol. The summed E-state index contributed by atoms with van der Waals surface area (Å²) in [6.07, 6.45) is 0.885. The largest absolute Gasteiger partial charge is 0.376 e. The second kappa shape index (κ2) is 9.11. The van der Waals surface area contributed by atoms with Crippen LogP contribution >= 0.6 is 11.6 Å². The standard InChI is InChI=1S/C22H26ClN3O2/c1-3-25(4-2)22(28)19-10-9-18(13-20(19)23)24-14-21(27)26-12-11-16-7-5-6-8-17(16)15-26/h5-10,13,24H,3-4,11-12,14-15H2,1-2H3. The molecule has 0 radical (unpaired) electrons. The molecule has 0 saturated carbocycles. The van der Waals surface area contributed by atoms with Crippen molar-refractivity contribution in [1.82, 2.24) is 9.80 Å². The number of fused-ring (bicyclic) bond motifs is 1. The van der Waals surface area contributed by atoms with Crippen LogP contribution in [-0.4, -0.2) is 47.8 Å². The van der Waals surface area contributed by atoms with Crippen LogP contribution < -0.4 is 5.32 Å². The first-order valence-corrected chi connectivity index (χ1v) is 10.1. The third kappa shape index (κ3) is 4.47. The zero-order valence-corrected chi connectivity index (χ0v) is 17.1. The topological polar surface area (TPSA) is 52.7 Å². The van der Waals surface area contributed by atoms with Crippen LogP contribution in [0.15, 0.2) is 42.5 Å². The molecule has 3 rings (SSSR count). The first-order chi connectivity index (χ1) is 13.5. The van der Waals surface area contributed by atoms with Crippen molar-refractivity contribution in [3.05, 3.63) is 64.2 Å². The Morgan fingerprint density at radius 1 is 1.11 bits per heavy atom. The van der Waals surface area contributed by atoms with Gasteiger partial charge in [-0.3, -0.25) is 9.59 Å². The van der Waals surface area contributed by atoms with E-state index in [4.69, 9.17) is 11.6 Å². The SMILES string of the molecule is CCN(CC)C(=O)c1ccc(NCC(=O)N2CCc3ccccc3C2)cc1Cl. The molecule has 0 unspecified atom stereocenters. The molecule has 0 bridgehead atoms. The van der Waals surface area contributed by atoms with Crippen molar-refractivity contribution in [2.75, 3.05) is 31.5 Å². The number of halogens is 1. The lowest BCUT2D eigenvalue weighted by atomic mass is 10.00. The van der Waals surface area contributed by atoms with E-state index < -0.39 is 0 Å². The van der Waals surface area contributed by atoms with E-state index in [0.717, 1.165) is 18.7 Å². The average Bonchev–Trinajstić information content (AvgIpc) is 2.72. The Morgan fingerprint density at radius 2 is 1.82 bits per heavy atom. The van der Waals surface area contributed by atoms with Crippen molar-refractivity contribution in [3.63, 3.8) is 0 Å². The maximum absolute atomic E-state index is 12.6. The van der Waals surface area contributed by atoms with Crippen molar-refractivity contribution < 1.29 is 9.59 Å². The average molecular weight is 400 g/mol. The Bertz CT molecular complexity index is 865. The highest BCUT2D eigenvalue weighted by Gasteiger charge is 2.20. The first kappa shape index (κ1) is 20.2. The Kier molecular flexibility index (Phi) is 6.57. The molecule has 0 aliphatic carbocycles. The van der Waals surface area contributed by atoms with Crippen molar-refractivity contribution in [3.8, 4) is 0 Å². The minimum Gasteiger partial charge on any atom is -0.376 e. The molecule has 1 N–H and O–H groups in total. The van der Waals surface area contributed by atoms with Crippen LogP contribution in [0, 0.1) is 0 Å². The zero-order chi connectivity index (χ0) is 20.1. The molecule has 0 atom stereocenters. The van der Waals surface area contributed by atoms with Crippen LogP contribution in [0.3, 0.4) is 0 Å². The highest BCUT2D eigenvalue weighted by atomic mass is 35.5. The van der Waals surface area contributed by atoms with Gasteiger partial charge in [0.1, 0.15) is 0 Å². The number of benzene rings is 2. The molecular formula is C22H26ClN3O2. The maximum Gasteiger partial charge on any atom is 0.255 e. The lowest BCUT2D eigenvalue weighted by Crippen LogP contribution is -2.39. The van der Waals surface area contributed by atoms with Gasteiger partial charge < -0.3 is 15.1 Å². The third-order valence-electron chi connectivity index (χ3n) is 5.18. The van der Waals surface area contributed by atoms with Gasteiger partial charge in [-0.25, -0.2) is 0 Å². The van der Waals surface area contributed by atoms with Gasteiger partial charge in [-0.15, -0.1) is 0 Å². The number of amides is 2. The summed E-state index contributed by atoms with van der Waals surface area (Å²) < 4.78 is 0. The third-order valence-corrected chi connectivity index (χ3v) is 5.49. The summed E-state index contributed by atoms with van der Waals surface area (Å²) in [5.41, 5.74) is 3.74. The van der Waals surface area contributed by atoms with E-state index in [0.29, 0.717) is 30.2 Å². The van der Waals surface area contributed by atoms with Crippen LogP contribution in [0.1, 0.15) is 35.3 Å². The fourth-order valence-corrected chi connectivity index (χ4v) is 3.74. The molecule has 0 saturated heterocycles. The number of carbonyl (C=O) groups is 2. The highest BCUT2D eigenvalue weighted by Crippen LogP contribution is 2.23. The summed E-state index contributed by atoms with van der Waals surface area (Å²) in [6.45, 7) is 6.73. The molecule has 0 spiro atoms. The lowest BCUT2D eigenvalue weighted by molar-refractivity contribution is -0.130. The molecule has 2 amide bonds. The highest BCUT2D eigenvalue weighted by molar-refractivity contribution is 6.34. The molecule has 6 heteroatoms. The predicted molar refractivity (Wildman–Crippen MR) is 113 cm³/mol. The van der Waals surface area contributed by atoms with Crippen molar-refractivity contribution in [2.45, 2.75) is 26.8 Å². The van der Waals surface area contributed by atoms with Gasteiger partial charge in [0.2, 0.25) is 5.91 Å². The molecule has 2 aromatic rings. The van der Waals surface area contributed by atoms with Gasteiger partial charge in [-0.1, -0.05) is 35.9 Å². The van der Waals surface area contributed by atoms with E-state index in [1.165, 1.54) is 11.1 Å². The Hall–Kier alpha value is -2.53. The Balaban J connectivity index is 1.60. The van der Waals surface area contributed by atoms with Gasteiger partial charge in [0.15, 0.2) is 0 Å². The number of hydrogen-bond acceptors (Lipinski definition) is 3. The normalized spacial score (nSPS) is 13.0. The minimum atomic E-state index is -0.0791. The first-order valence-electron chi connectivity index (χ1n) is 9.70. The van der Waals surface area contributed by atoms with E-state index in [9.17, 15) is 9.59 Å². The van der Waals surface area contributed by atoms with Crippen molar-refractivity contribution in [1.29, 1.82) is 0 Å². The van der Waals surface area contributed by atoms with E-state index >= 15 is 0 Å². The van der Waals surface area contributed by atoms with E-state index in [-0.39, 0.29) is 18.4 Å². The van der Waals surface area contributed by atoms with Gasteiger partial charge in [-0.2, -0.15) is 0 Å². The number of nitrogens with zero attached hydrogens (tertiary/aromatic N) is 2. The van der Waals surface area contributed by atoms with Gasteiger partial charge in [0, 0.05) is 31.9 Å². The van der Waals surface area contributed by atoms with E-state index in [2.05, 4.69) is 17.4 Å². The van der Waals surface area contributed by atoms with E-state index in [1.807, 2.05) is 30.9 Å². The Labute approximate surface area is 171 Å². The number of nitrogens with one attached hydrogen (secondary N) is 1. The predicted octanol–water partition coefficient (Wildman–Crippen LogP) is 3.82. The minimum absolute atomic E-state index is 0.0499. The molecule has 28 heavy (non-hydrogen) atoms. The summed E-state index contributed by atoms with van der Waals surface area (Å²) in [6, 6.07) is 13.5. The molecule has 0 fully saturated rings. The van der Waals surface area contributed by atoms with Crippen LogP contribution in [-0.2, 0) is 17.8 Å². The monoisotopic (exact) mass is 399 g/mol. The fraction of sp³-hybridized carbons (Fsp3) is 0.364. The van der Waals surface area contributed by atoms with Gasteiger partial charge in [0.25, 0.3) is 5.91 Å². The molecule has 1 heterocycles. The van der Waals surface area contributed by atoms with Crippen LogP contribution in [0.25, 0.3) is 0 Å². The fourth-order valence-electron chi connectivity index (χ4n) is 3.48. The Morgan fingerprint density at radius 3 is 2.50 bits per heavy atom. The second-order valence-electron chi connectivity index (χ2n) is 6.86. The zero-order valence-electron chi connectivity index (χ0n) is 16.4. The van der Waals surface area contributed by atoms with Gasteiger partial charge in [0.05, 0.1) is 17.1 Å². The second-order valence-corrected chi connectivity index (χ2v) is 7.27. The summed E-state index contributed by atoms with van der Waals surface area (Å²) in [7, 11) is 0. The van der Waals surface area contributed by atoms with Crippen LogP contribution in [0.2, 0.25) is 5.02 Å². The van der Waals surface area contributed by atoms with Gasteiger partial charge in [-0.05, 0) is 49.6 Å². The van der Waals surface area contributed by atoms with E-state index in [1.54, 1.807) is 23.1 Å². The number of anilines is 1. The van der Waals surface area contributed by atoms with Crippen molar-refractivity contribution >= 4 is 29.1 Å². The number of carbonyl (C=O) groups excluding carboxylic acids is 2. The van der Waals surface area contributed by atoms with Gasteiger partial charge >= 0.3 is 0 Å². The molecule has 2 aromatic carbocycles. The summed E-state index contributed by atoms with van der Waals surface area (Å²) in [5, 5.41) is 3.52. The maximum atomic E-state index is 12.6. The number of rotatable bonds is 6. The molecule has 1 aliphatic rings. The molecule has 148 valence electrons. The number of hydrogen-bond donors (Lipinski definition) is 1. The summed E-state index contributed by atoms with van der Waals surface area (Å²) >= 11 is 6.32. The molecule has 1 aliphatic heterocycles. The summed E-state index contributed by atoms with van der Waals surface area (Å²) in [5.74, 6) is -0.0291. The summed E-state index contributed by atoms with van der Waals surface area (Å²) in [4.78, 5) is 28.6. The lowest BCUT2D eigenvalue weighted by Gasteiger charge is -2.29. The van der Waals surface area contributed by atoms with Crippen LogP contribution in [0.5, 0.6) is 0 Å². The van der Waals surface area contributed by atoms with Crippen molar-refractivity contribution in [2.24, 2.45) is 0 Å².